The molecule has 0 saturated heterocycles. The molecule has 0 aliphatic rings. The van der Waals surface area contributed by atoms with Gasteiger partial charge in [0.1, 0.15) is 23.9 Å². The standard InChI is InChI=1S/C22H27N3O4/c1-27-16-22(26)23-15-21-24-19-7-3-4-8-20(19)25(21)13-5-6-14-29-18-11-9-17(28-2)10-12-18/h3-4,7-12H,5-6,13-16H2,1-2H3,(H,23,26). The Balaban J connectivity index is 1.55. The predicted octanol–water partition coefficient (Wildman–Crippen LogP) is 3.17. The first-order chi connectivity index (χ1) is 14.2. The summed E-state index contributed by atoms with van der Waals surface area (Å²) in [4.78, 5) is 16.4. The second-order valence-corrected chi connectivity index (χ2v) is 6.61. The van der Waals surface area contributed by atoms with E-state index in [0.29, 0.717) is 13.2 Å². The number of para-hydroxylation sites is 2. The highest BCUT2D eigenvalue weighted by atomic mass is 16.5. The first-order valence-corrected chi connectivity index (χ1v) is 9.68. The van der Waals surface area contributed by atoms with Crippen molar-refractivity contribution in [1.29, 1.82) is 0 Å². The number of imidazole rings is 1. The lowest BCUT2D eigenvalue weighted by Crippen LogP contribution is -2.28. The number of nitrogens with zero attached hydrogens (tertiary/aromatic N) is 2. The molecule has 154 valence electrons. The summed E-state index contributed by atoms with van der Waals surface area (Å²) in [5.74, 6) is 2.33. The third-order valence-electron chi connectivity index (χ3n) is 4.56. The molecular weight excluding hydrogens is 370 g/mol. The van der Waals surface area contributed by atoms with E-state index in [1.165, 1.54) is 7.11 Å². The van der Waals surface area contributed by atoms with Gasteiger partial charge in [0.2, 0.25) is 5.91 Å². The van der Waals surface area contributed by atoms with E-state index in [2.05, 4.69) is 20.9 Å². The van der Waals surface area contributed by atoms with Crippen LogP contribution in [0.25, 0.3) is 11.0 Å². The van der Waals surface area contributed by atoms with E-state index < -0.39 is 0 Å². The molecule has 0 unspecified atom stereocenters. The van der Waals surface area contributed by atoms with Crippen LogP contribution in [0.4, 0.5) is 0 Å². The average Bonchev–Trinajstić information content (AvgIpc) is 3.10. The fraction of sp³-hybridized carbons (Fsp3) is 0.364. The van der Waals surface area contributed by atoms with Crippen molar-refractivity contribution in [3.8, 4) is 11.5 Å². The van der Waals surface area contributed by atoms with Gasteiger partial charge < -0.3 is 24.1 Å². The van der Waals surface area contributed by atoms with Crippen molar-refractivity contribution in [2.75, 3.05) is 27.4 Å². The van der Waals surface area contributed by atoms with Gasteiger partial charge in [0.25, 0.3) is 0 Å². The highest BCUT2D eigenvalue weighted by Gasteiger charge is 2.11. The Morgan fingerprint density at radius 3 is 2.55 bits per heavy atom. The fourth-order valence-corrected chi connectivity index (χ4v) is 3.10. The molecule has 7 nitrogen and oxygen atoms in total. The van der Waals surface area contributed by atoms with Gasteiger partial charge in [-0.05, 0) is 49.2 Å². The molecule has 29 heavy (non-hydrogen) atoms. The van der Waals surface area contributed by atoms with Gasteiger partial charge in [-0.1, -0.05) is 12.1 Å². The Kier molecular flexibility index (Phi) is 7.47. The smallest absolute Gasteiger partial charge is 0.246 e. The van der Waals surface area contributed by atoms with Crippen LogP contribution in [0, 0.1) is 0 Å². The number of hydrogen-bond donors (Lipinski definition) is 1. The van der Waals surface area contributed by atoms with Gasteiger partial charge in [-0.2, -0.15) is 0 Å². The topological polar surface area (TPSA) is 74.6 Å². The lowest BCUT2D eigenvalue weighted by Gasteiger charge is -2.11. The number of carbonyl (C=O) groups is 1. The van der Waals surface area contributed by atoms with E-state index in [4.69, 9.17) is 14.2 Å². The second-order valence-electron chi connectivity index (χ2n) is 6.61. The van der Waals surface area contributed by atoms with E-state index in [9.17, 15) is 4.79 Å². The maximum absolute atomic E-state index is 11.7. The molecule has 0 spiro atoms. The van der Waals surface area contributed by atoms with Crippen molar-refractivity contribution in [2.24, 2.45) is 0 Å². The zero-order valence-corrected chi connectivity index (χ0v) is 16.9. The van der Waals surface area contributed by atoms with Crippen LogP contribution >= 0.6 is 0 Å². The number of methoxy groups -OCH3 is 2. The predicted molar refractivity (Wildman–Crippen MR) is 111 cm³/mol. The number of unbranched alkanes of at least 4 members (excludes halogenated alkanes) is 1. The molecule has 1 aromatic heterocycles. The number of fused-ring (bicyclic) bond motifs is 1. The van der Waals surface area contributed by atoms with E-state index in [1.54, 1.807) is 7.11 Å². The van der Waals surface area contributed by atoms with Crippen molar-refractivity contribution in [2.45, 2.75) is 25.9 Å². The van der Waals surface area contributed by atoms with Gasteiger partial charge in [-0.15, -0.1) is 0 Å². The number of aryl methyl sites for hydroxylation is 1. The molecule has 2 aromatic carbocycles. The van der Waals surface area contributed by atoms with Crippen LogP contribution in [-0.2, 0) is 22.6 Å². The Labute approximate surface area is 170 Å². The third-order valence-corrected chi connectivity index (χ3v) is 4.56. The number of carbonyl (C=O) groups excluding carboxylic acids is 1. The zero-order valence-electron chi connectivity index (χ0n) is 16.9. The van der Waals surface area contributed by atoms with Crippen LogP contribution in [0.3, 0.4) is 0 Å². The summed E-state index contributed by atoms with van der Waals surface area (Å²) in [6.45, 7) is 1.86. The fourth-order valence-electron chi connectivity index (χ4n) is 3.10. The van der Waals surface area contributed by atoms with E-state index in [1.807, 2.05) is 42.5 Å². The normalized spacial score (nSPS) is 10.8. The first kappa shape index (κ1) is 20.7. The summed E-state index contributed by atoms with van der Waals surface area (Å²) in [5, 5.41) is 2.85. The molecule has 0 aliphatic carbocycles. The summed E-state index contributed by atoms with van der Waals surface area (Å²) < 4.78 is 18.0. The van der Waals surface area contributed by atoms with Crippen LogP contribution < -0.4 is 14.8 Å². The van der Waals surface area contributed by atoms with Gasteiger partial charge >= 0.3 is 0 Å². The molecule has 0 radical (unpaired) electrons. The number of hydrogen-bond acceptors (Lipinski definition) is 5. The quantitative estimate of drug-likeness (QED) is 0.503. The molecule has 1 heterocycles. The first-order valence-electron chi connectivity index (χ1n) is 9.68. The number of nitrogens with one attached hydrogen (secondary N) is 1. The van der Waals surface area contributed by atoms with Gasteiger partial charge in [0.05, 0.1) is 31.3 Å². The third kappa shape index (κ3) is 5.71. The van der Waals surface area contributed by atoms with Gasteiger partial charge in [0.15, 0.2) is 0 Å². The van der Waals surface area contributed by atoms with Crippen molar-refractivity contribution < 1.29 is 19.0 Å². The SMILES string of the molecule is COCC(=O)NCc1nc2ccccc2n1CCCCOc1ccc(OC)cc1. The monoisotopic (exact) mass is 397 g/mol. The minimum Gasteiger partial charge on any atom is -0.497 e. The summed E-state index contributed by atoms with van der Waals surface area (Å²) in [7, 11) is 3.15. The maximum Gasteiger partial charge on any atom is 0.246 e. The maximum atomic E-state index is 11.7. The minimum absolute atomic E-state index is 0.0446. The lowest BCUT2D eigenvalue weighted by molar-refractivity contribution is -0.124. The van der Waals surface area contributed by atoms with Crippen molar-refractivity contribution in [3.63, 3.8) is 0 Å². The van der Waals surface area contributed by atoms with Crippen LogP contribution in [0.15, 0.2) is 48.5 Å². The van der Waals surface area contributed by atoms with Crippen molar-refractivity contribution in [1.82, 2.24) is 14.9 Å². The molecule has 3 aromatic rings. The van der Waals surface area contributed by atoms with E-state index in [0.717, 1.165) is 47.7 Å². The van der Waals surface area contributed by atoms with Gasteiger partial charge in [-0.25, -0.2) is 4.98 Å². The van der Waals surface area contributed by atoms with Crippen molar-refractivity contribution in [3.05, 3.63) is 54.4 Å². The van der Waals surface area contributed by atoms with Crippen LogP contribution in [-0.4, -0.2) is 42.9 Å². The lowest BCUT2D eigenvalue weighted by atomic mass is 10.3. The Bertz CT molecular complexity index is 921. The number of rotatable bonds is 11. The highest BCUT2D eigenvalue weighted by Crippen LogP contribution is 2.19. The summed E-state index contributed by atoms with van der Waals surface area (Å²) >= 11 is 0. The number of ether oxygens (including phenoxy) is 3. The van der Waals surface area contributed by atoms with Crippen LogP contribution in [0.1, 0.15) is 18.7 Å². The molecule has 1 N–H and O–H groups in total. The van der Waals surface area contributed by atoms with Gasteiger partial charge in [-0.3, -0.25) is 4.79 Å². The molecule has 0 fully saturated rings. The summed E-state index contributed by atoms with van der Waals surface area (Å²) in [6, 6.07) is 15.6. The molecule has 1 amide bonds. The van der Waals surface area contributed by atoms with E-state index in [-0.39, 0.29) is 12.5 Å². The van der Waals surface area contributed by atoms with Gasteiger partial charge in [0, 0.05) is 13.7 Å². The van der Waals surface area contributed by atoms with Crippen molar-refractivity contribution >= 4 is 16.9 Å². The van der Waals surface area contributed by atoms with E-state index >= 15 is 0 Å². The minimum atomic E-state index is -0.154. The molecule has 0 atom stereocenters. The van der Waals surface area contributed by atoms with Crippen LogP contribution in [0.5, 0.6) is 11.5 Å². The molecule has 7 heteroatoms. The number of aromatic nitrogens is 2. The Morgan fingerprint density at radius 2 is 1.79 bits per heavy atom. The summed E-state index contributed by atoms with van der Waals surface area (Å²) in [6.07, 6.45) is 1.85. The largest absolute Gasteiger partial charge is 0.497 e. The van der Waals surface area contributed by atoms with Crippen LogP contribution in [0.2, 0.25) is 0 Å². The zero-order chi connectivity index (χ0) is 20.5. The number of amides is 1. The average molecular weight is 397 g/mol. The molecular formula is C22H27N3O4. The second kappa shape index (κ2) is 10.5. The number of benzene rings is 2. The molecule has 0 aliphatic heterocycles. The highest BCUT2D eigenvalue weighted by molar-refractivity contribution is 5.78. The molecule has 0 bridgehead atoms. The Morgan fingerprint density at radius 1 is 1.03 bits per heavy atom. The Hall–Kier alpha value is -3.06. The summed E-state index contributed by atoms with van der Waals surface area (Å²) in [5.41, 5.74) is 2.00. The molecule has 0 saturated carbocycles. The molecule has 3 rings (SSSR count).